The highest BCUT2D eigenvalue weighted by Crippen LogP contribution is 2.47. The lowest BCUT2D eigenvalue weighted by atomic mass is 10.5. The first-order valence-corrected chi connectivity index (χ1v) is 8.41. The monoisotopic (exact) mass is 298 g/mol. The molecule has 6 nitrogen and oxygen atoms in total. The van der Waals surface area contributed by atoms with E-state index in [1.165, 1.54) is 0 Å². The van der Waals surface area contributed by atoms with E-state index >= 15 is 0 Å². The van der Waals surface area contributed by atoms with Gasteiger partial charge in [-0.2, -0.15) is 0 Å². The minimum Gasteiger partial charge on any atom is -0.352 e. The molecule has 0 aliphatic heterocycles. The van der Waals surface area contributed by atoms with E-state index in [1.807, 2.05) is 27.7 Å². The SMILES string of the molecule is CCCOC(CC)OP(=O)(O)OC(CC)OCCC. The van der Waals surface area contributed by atoms with Gasteiger partial charge in [-0.3, -0.25) is 9.05 Å². The van der Waals surface area contributed by atoms with Gasteiger partial charge in [-0.25, -0.2) is 4.57 Å². The number of hydrogen-bond donors (Lipinski definition) is 1. The molecule has 0 aromatic heterocycles. The molecule has 1 N–H and O–H groups in total. The first-order chi connectivity index (χ1) is 8.99. The van der Waals surface area contributed by atoms with Gasteiger partial charge in [0, 0.05) is 13.2 Å². The summed E-state index contributed by atoms with van der Waals surface area (Å²) in [6.45, 7) is 8.47. The molecule has 0 rings (SSSR count). The molecule has 0 fully saturated rings. The maximum atomic E-state index is 11.8. The van der Waals surface area contributed by atoms with Crippen molar-refractivity contribution in [3.63, 3.8) is 0 Å². The van der Waals surface area contributed by atoms with Crippen molar-refractivity contribution in [2.24, 2.45) is 0 Å². The Hall–Kier alpha value is 0.0300. The van der Waals surface area contributed by atoms with Gasteiger partial charge in [0.2, 0.25) is 0 Å². The Bertz CT molecular complexity index is 239. The zero-order valence-corrected chi connectivity index (χ0v) is 13.2. The van der Waals surface area contributed by atoms with Gasteiger partial charge in [0.1, 0.15) is 0 Å². The standard InChI is InChI=1S/C12H27O6P/c1-5-9-15-11(7-3)17-19(13,14)18-12(8-4)16-10-6-2/h11-12H,5-10H2,1-4H3,(H,13,14). The van der Waals surface area contributed by atoms with Crippen molar-refractivity contribution in [2.45, 2.75) is 66.0 Å². The summed E-state index contributed by atoms with van der Waals surface area (Å²) in [4.78, 5) is 9.67. The zero-order valence-electron chi connectivity index (χ0n) is 12.3. The average Bonchev–Trinajstić information content (AvgIpc) is 2.39. The molecule has 0 spiro atoms. The maximum absolute atomic E-state index is 11.8. The Morgan fingerprint density at radius 3 is 1.53 bits per heavy atom. The average molecular weight is 298 g/mol. The summed E-state index contributed by atoms with van der Waals surface area (Å²) >= 11 is 0. The van der Waals surface area contributed by atoms with E-state index in [-0.39, 0.29) is 0 Å². The van der Waals surface area contributed by atoms with Crippen LogP contribution in [-0.2, 0) is 23.1 Å². The van der Waals surface area contributed by atoms with Gasteiger partial charge in [0.05, 0.1) is 0 Å². The predicted octanol–water partition coefficient (Wildman–Crippen LogP) is 3.45. The van der Waals surface area contributed by atoms with Crippen molar-refractivity contribution >= 4 is 7.82 Å². The molecule has 0 saturated heterocycles. The van der Waals surface area contributed by atoms with Gasteiger partial charge in [-0.15, -0.1) is 0 Å². The minimum atomic E-state index is -4.17. The maximum Gasteiger partial charge on any atom is 0.476 e. The highest BCUT2D eigenvalue weighted by Gasteiger charge is 2.30. The summed E-state index contributed by atoms with van der Waals surface area (Å²) in [7, 11) is -4.17. The fourth-order valence-corrected chi connectivity index (χ4v) is 2.33. The van der Waals surface area contributed by atoms with Crippen LogP contribution in [0.1, 0.15) is 53.4 Å². The van der Waals surface area contributed by atoms with Crippen LogP contribution in [0, 0.1) is 0 Å². The molecular formula is C12H27O6P. The summed E-state index contributed by atoms with van der Waals surface area (Å²) in [5.74, 6) is 0. The van der Waals surface area contributed by atoms with Crippen LogP contribution in [0.5, 0.6) is 0 Å². The Morgan fingerprint density at radius 1 is 0.895 bits per heavy atom. The number of hydrogen-bond acceptors (Lipinski definition) is 5. The molecule has 116 valence electrons. The lowest BCUT2D eigenvalue weighted by molar-refractivity contribution is -0.130. The Balaban J connectivity index is 4.29. The van der Waals surface area contributed by atoms with Crippen molar-refractivity contribution < 1.29 is 28.0 Å². The Morgan fingerprint density at radius 2 is 1.26 bits per heavy atom. The van der Waals surface area contributed by atoms with Gasteiger partial charge in [0.15, 0.2) is 12.6 Å². The van der Waals surface area contributed by atoms with Gasteiger partial charge in [-0.1, -0.05) is 27.7 Å². The second-order valence-electron chi connectivity index (χ2n) is 4.10. The van der Waals surface area contributed by atoms with E-state index in [1.54, 1.807) is 0 Å². The quantitative estimate of drug-likeness (QED) is 0.439. The molecular weight excluding hydrogens is 271 g/mol. The lowest BCUT2D eigenvalue weighted by Gasteiger charge is -2.23. The van der Waals surface area contributed by atoms with Crippen molar-refractivity contribution in [3.8, 4) is 0 Å². The molecule has 0 aliphatic carbocycles. The molecule has 19 heavy (non-hydrogen) atoms. The van der Waals surface area contributed by atoms with Gasteiger partial charge >= 0.3 is 7.82 Å². The molecule has 0 heterocycles. The second-order valence-corrected chi connectivity index (χ2v) is 5.46. The topological polar surface area (TPSA) is 74.2 Å². The number of ether oxygens (including phenoxy) is 2. The van der Waals surface area contributed by atoms with Crippen molar-refractivity contribution in [3.05, 3.63) is 0 Å². The first-order valence-electron chi connectivity index (χ1n) is 6.91. The molecule has 2 atom stereocenters. The van der Waals surface area contributed by atoms with E-state index in [9.17, 15) is 9.46 Å². The van der Waals surface area contributed by atoms with Crippen molar-refractivity contribution in [1.29, 1.82) is 0 Å². The number of phosphoric ester groups is 1. The van der Waals surface area contributed by atoms with Crippen LogP contribution < -0.4 is 0 Å². The predicted molar refractivity (Wildman–Crippen MR) is 72.6 cm³/mol. The molecule has 2 unspecified atom stereocenters. The molecule has 0 aliphatic rings. The van der Waals surface area contributed by atoms with Crippen LogP contribution in [-0.4, -0.2) is 30.7 Å². The summed E-state index contributed by atoms with van der Waals surface area (Å²) in [6.07, 6.45) is 1.10. The van der Waals surface area contributed by atoms with E-state index in [4.69, 9.17) is 18.5 Å². The molecule has 0 aromatic carbocycles. The highest BCUT2D eigenvalue weighted by molar-refractivity contribution is 7.47. The fourth-order valence-electron chi connectivity index (χ4n) is 1.27. The normalized spacial score (nSPS) is 17.9. The van der Waals surface area contributed by atoms with Crippen LogP contribution in [0.25, 0.3) is 0 Å². The minimum absolute atomic E-state index is 0.473. The third kappa shape index (κ3) is 9.55. The van der Waals surface area contributed by atoms with E-state index < -0.39 is 20.4 Å². The molecule has 0 radical (unpaired) electrons. The molecule has 7 heteroatoms. The van der Waals surface area contributed by atoms with E-state index in [0.29, 0.717) is 26.1 Å². The highest BCUT2D eigenvalue weighted by atomic mass is 31.2. The summed E-state index contributed by atoms with van der Waals surface area (Å²) in [5, 5.41) is 0. The lowest BCUT2D eigenvalue weighted by Crippen LogP contribution is -2.20. The van der Waals surface area contributed by atoms with Crippen LogP contribution in [0.15, 0.2) is 0 Å². The largest absolute Gasteiger partial charge is 0.476 e. The van der Waals surface area contributed by atoms with Crippen LogP contribution >= 0.6 is 7.82 Å². The summed E-state index contributed by atoms with van der Waals surface area (Å²) in [5.41, 5.74) is 0. The van der Waals surface area contributed by atoms with Crippen LogP contribution in [0.2, 0.25) is 0 Å². The number of phosphoric acid groups is 1. The molecule has 0 aromatic rings. The zero-order chi connectivity index (χ0) is 14.7. The Labute approximate surface area is 116 Å². The van der Waals surface area contributed by atoms with Crippen LogP contribution in [0.3, 0.4) is 0 Å². The third-order valence-corrected chi connectivity index (χ3v) is 3.19. The number of rotatable bonds is 12. The fraction of sp³-hybridized carbons (Fsp3) is 1.00. The summed E-state index contributed by atoms with van der Waals surface area (Å²) < 4.78 is 32.4. The van der Waals surface area contributed by atoms with Crippen molar-refractivity contribution in [2.75, 3.05) is 13.2 Å². The van der Waals surface area contributed by atoms with Gasteiger partial charge in [0.25, 0.3) is 0 Å². The van der Waals surface area contributed by atoms with Gasteiger partial charge in [-0.05, 0) is 25.7 Å². The second kappa shape index (κ2) is 10.8. The third-order valence-electron chi connectivity index (χ3n) is 2.18. The summed E-state index contributed by atoms with van der Waals surface area (Å²) in [6, 6.07) is 0. The Kier molecular flexibility index (Phi) is 10.8. The van der Waals surface area contributed by atoms with Crippen molar-refractivity contribution in [1.82, 2.24) is 0 Å². The molecule has 0 bridgehead atoms. The smallest absolute Gasteiger partial charge is 0.352 e. The molecule has 0 saturated carbocycles. The van der Waals surface area contributed by atoms with Gasteiger partial charge < -0.3 is 14.4 Å². The van der Waals surface area contributed by atoms with E-state index in [2.05, 4.69) is 0 Å². The molecule has 0 amide bonds. The first kappa shape index (κ1) is 19.0. The van der Waals surface area contributed by atoms with Crippen LogP contribution in [0.4, 0.5) is 0 Å². The van der Waals surface area contributed by atoms with E-state index in [0.717, 1.165) is 12.8 Å².